The van der Waals surface area contributed by atoms with Gasteiger partial charge in [0.1, 0.15) is 5.75 Å². The molecular weight excluding hydrogens is 188 g/mol. The maximum Gasteiger partial charge on any atom is 0.119 e. The molecule has 0 aliphatic carbocycles. The summed E-state index contributed by atoms with van der Waals surface area (Å²) in [6, 6.07) is 6.81. The summed E-state index contributed by atoms with van der Waals surface area (Å²) < 4.78 is 5.22. The van der Waals surface area contributed by atoms with Crippen molar-refractivity contribution in [3.8, 4) is 5.75 Å². The van der Waals surface area contributed by atoms with Crippen molar-refractivity contribution >= 4 is 5.69 Å². The number of hydrogen-bond acceptors (Lipinski definition) is 3. The second kappa shape index (κ2) is 3.74. The number of rotatable bonds is 2. The first-order valence-corrected chi connectivity index (χ1v) is 5.29. The van der Waals surface area contributed by atoms with Gasteiger partial charge in [-0.05, 0) is 37.1 Å². The second-order valence-electron chi connectivity index (χ2n) is 4.24. The first-order valence-electron chi connectivity index (χ1n) is 5.29. The molecule has 3 heteroatoms. The van der Waals surface area contributed by atoms with E-state index in [-0.39, 0.29) is 6.04 Å². The fraction of sp³-hybridized carbons (Fsp3) is 0.500. The van der Waals surface area contributed by atoms with Gasteiger partial charge in [-0.3, -0.25) is 0 Å². The lowest BCUT2D eigenvalue weighted by atomic mass is 10.1. The normalized spacial score (nSPS) is 21.3. The first kappa shape index (κ1) is 10.3. The highest BCUT2D eigenvalue weighted by atomic mass is 16.5. The summed E-state index contributed by atoms with van der Waals surface area (Å²) in [6.07, 6.45) is 1.01. The molecule has 82 valence electrons. The highest BCUT2D eigenvalue weighted by Crippen LogP contribution is 2.34. The Bertz CT molecular complexity index is 363. The number of anilines is 1. The Morgan fingerprint density at radius 3 is 2.87 bits per heavy atom. The molecule has 0 amide bonds. The third-order valence-corrected chi connectivity index (χ3v) is 3.20. The average Bonchev–Trinajstić information content (AvgIpc) is 2.55. The van der Waals surface area contributed by atoms with Crippen molar-refractivity contribution in [1.82, 2.24) is 0 Å². The molecule has 0 aromatic heterocycles. The van der Waals surface area contributed by atoms with Crippen molar-refractivity contribution in [3.63, 3.8) is 0 Å². The minimum atomic E-state index is 0.188. The van der Waals surface area contributed by atoms with Crippen LogP contribution in [0.3, 0.4) is 0 Å². The minimum Gasteiger partial charge on any atom is -0.497 e. The molecule has 2 N–H and O–H groups in total. The molecule has 0 saturated heterocycles. The van der Waals surface area contributed by atoms with Crippen LogP contribution in [0, 0.1) is 0 Å². The van der Waals surface area contributed by atoms with E-state index in [4.69, 9.17) is 10.5 Å². The Labute approximate surface area is 90.8 Å². The average molecular weight is 206 g/mol. The number of nitrogens with two attached hydrogens (primary N) is 1. The minimum absolute atomic E-state index is 0.188. The second-order valence-corrected chi connectivity index (χ2v) is 4.24. The number of benzene rings is 1. The van der Waals surface area contributed by atoms with Crippen LogP contribution in [0.2, 0.25) is 0 Å². The van der Waals surface area contributed by atoms with Crippen LogP contribution in [0.5, 0.6) is 5.75 Å². The van der Waals surface area contributed by atoms with Crippen molar-refractivity contribution in [1.29, 1.82) is 0 Å². The zero-order chi connectivity index (χ0) is 11.0. The summed E-state index contributed by atoms with van der Waals surface area (Å²) in [6.45, 7) is 2.06. The Kier molecular flexibility index (Phi) is 2.57. The predicted octanol–water partition coefficient (Wildman–Crippen LogP) is 1.40. The Balaban J connectivity index is 2.32. The highest BCUT2D eigenvalue weighted by molar-refractivity contribution is 5.61. The maximum absolute atomic E-state index is 5.97. The maximum atomic E-state index is 5.97. The molecule has 0 bridgehead atoms. The van der Waals surface area contributed by atoms with E-state index >= 15 is 0 Å². The van der Waals surface area contributed by atoms with E-state index in [0.717, 1.165) is 12.2 Å². The lowest BCUT2D eigenvalue weighted by molar-refractivity contribution is 0.414. The summed E-state index contributed by atoms with van der Waals surface area (Å²) in [5.41, 5.74) is 8.57. The molecule has 1 aromatic carbocycles. The van der Waals surface area contributed by atoms with Crippen LogP contribution >= 0.6 is 0 Å². The Hall–Kier alpha value is -1.22. The first-order chi connectivity index (χ1) is 7.13. The van der Waals surface area contributed by atoms with Gasteiger partial charge in [-0.2, -0.15) is 0 Å². The molecule has 15 heavy (non-hydrogen) atoms. The lowest BCUT2D eigenvalue weighted by Gasteiger charge is -2.25. The molecule has 1 aromatic rings. The number of ether oxygens (including phenoxy) is 1. The van der Waals surface area contributed by atoms with E-state index in [9.17, 15) is 0 Å². The van der Waals surface area contributed by atoms with Crippen molar-refractivity contribution in [2.24, 2.45) is 5.73 Å². The van der Waals surface area contributed by atoms with E-state index < -0.39 is 0 Å². The zero-order valence-corrected chi connectivity index (χ0v) is 9.53. The zero-order valence-electron chi connectivity index (χ0n) is 9.53. The topological polar surface area (TPSA) is 38.5 Å². The van der Waals surface area contributed by atoms with Gasteiger partial charge in [0.25, 0.3) is 0 Å². The van der Waals surface area contributed by atoms with Crippen LogP contribution in [0.4, 0.5) is 5.69 Å². The fourth-order valence-corrected chi connectivity index (χ4v) is 2.28. The summed E-state index contributed by atoms with van der Waals surface area (Å²) >= 11 is 0. The van der Waals surface area contributed by atoms with Gasteiger partial charge in [-0.1, -0.05) is 0 Å². The molecule has 0 radical (unpaired) electrons. The highest BCUT2D eigenvalue weighted by Gasteiger charge is 2.28. The van der Waals surface area contributed by atoms with Gasteiger partial charge < -0.3 is 15.4 Å². The standard InChI is InChI=1S/C12H18N2O/c1-8(13)12-7-9-6-10(15-3)4-5-11(9)14(12)2/h4-6,8,12H,7,13H2,1-3H3. The van der Waals surface area contributed by atoms with Crippen LogP contribution in [-0.4, -0.2) is 26.2 Å². The molecule has 0 spiro atoms. The van der Waals surface area contributed by atoms with Gasteiger partial charge in [-0.15, -0.1) is 0 Å². The molecule has 0 fully saturated rings. The molecule has 2 rings (SSSR count). The third-order valence-electron chi connectivity index (χ3n) is 3.20. The third kappa shape index (κ3) is 1.67. The predicted molar refractivity (Wildman–Crippen MR) is 62.5 cm³/mol. The van der Waals surface area contributed by atoms with E-state index in [1.165, 1.54) is 11.3 Å². The number of nitrogens with zero attached hydrogens (tertiary/aromatic N) is 1. The fourth-order valence-electron chi connectivity index (χ4n) is 2.28. The van der Waals surface area contributed by atoms with E-state index in [1.54, 1.807) is 7.11 Å². The lowest BCUT2D eigenvalue weighted by Crippen LogP contribution is -2.42. The Morgan fingerprint density at radius 2 is 2.27 bits per heavy atom. The molecule has 0 saturated carbocycles. The summed E-state index contributed by atoms with van der Waals surface area (Å²) in [5.74, 6) is 0.924. The van der Waals surface area contributed by atoms with Gasteiger partial charge >= 0.3 is 0 Å². The Morgan fingerprint density at radius 1 is 1.53 bits per heavy atom. The smallest absolute Gasteiger partial charge is 0.119 e. The number of fused-ring (bicyclic) bond motifs is 1. The van der Waals surface area contributed by atoms with Crippen molar-refractivity contribution in [2.45, 2.75) is 25.4 Å². The molecule has 2 unspecified atom stereocenters. The van der Waals surface area contributed by atoms with Crippen molar-refractivity contribution < 1.29 is 4.74 Å². The van der Waals surface area contributed by atoms with E-state index in [0.29, 0.717) is 6.04 Å². The van der Waals surface area contributed by atoms with Crippen molar-refractivity contribution in [2.75, 3.05) is 19.1 Å². The van der Waals surface area contributed by atoms with Gasteiger partial charge in [-0.25, -0.2) is 0 Å². The molecule has 3 nitrogen and oxygen atoms in total. The largest absolute Gasteiger partial charge is 0.497 e. The van der Waals surface area contributed by atoms with Gasteiger partial charge in [0.2, 0.25) is 0 Å². The van der Waals surface area contributed by atoms with Gasteiger partial charge in [0.05, 0.1) is 7.11 Å². The molecule has 1 aliphatic rings. The number of likely N-dealkylation sites (N-methyl/N-ethyl adjacent to an activating group) is 1. The van der Waals surface area contributed by atoms with E-state index in [2.05, 4.69) is 31.0 Å². The van der Waals surface area contributed by atoms with Crippen LogP contribution < -0.4 is 15.4 Å². The van der Waals surface area contributed by atoms with Crippen LogP contribution in [0.15, 0.2) is 18.2 Å². The SMILES string of the molecule is COc1ccc2c(c1)CC(C(C)N)N2C. The molecule has 1 heterocycles. The molecular formula is C12H18N2O. The molecule has 1 aliphatic heterocycles. The van der Waals surface area contributed by atoms with Crippen molar-refractivity contribution in [3.05, 3.63) is 23.8 Å². The van der Waals surface area contributed by atoms with Gasteiger partial charge in [0.15, 0.2) is 0 Å². The quantitative estimate of drug-likeness (QED) is 0.795. The van der Waals surface area contributed by atoms with Crippen LogP contribution in [0.1, 0.15) is 12.5 Å². The monoisotopic (exact) mass is 206 g/mol. The summed E-state index contributed by atoms with van der Waals surface area (Å²) in [5, 5.41) is 0. The summed E-state index contributed by atoms with van der Waals surface area (Å²) in [4.78, 5) is 2.26. The summed E-state index contributed by atoms with van der Waals surface area (Å²) in [7, 11) is 3.80. The van der Waals surface area contributed by atoms with Crippen LogP contribution in [0.25, 0.3) is 0 Å². The van der Waals surface area contributed by atoms with Gasteiger partial charge in [0, 0.05) is 24.8 Å². The van der Waals surface area contributed by atoms with E-state index in [1.807, 2.05) is 6.07 Å². The number of methoxy groups -OCH3 is 1. The number of hydrogen-bond donors (Lipinski definition) is 1. The van der Waals surface area contributed by atoms with Crippen LogP contribution in [-0.2, 0) is 6.42 Å². The molecule has 2 atom stereocenters.